The quantitative estimate of drug-likeness (QED) is 0.444. The normalized spacial score (nSPS) is 14.2. The number of nitrogens with two attached hydrogens (primary N) is 1. The van der Waals surface area contributed by atoms with Crippen molar-refractivity contribution in [2.75, 3.05) is 44.0 Å². The number of fused-ring (bicyclic) bond motifs is 2. The topological polar surface area (TPSA) is 95.7 Å². The van der Waals surface area contributed by atoms with Crippen molar-refractivity contribution in [3.05, 3.63) is 55.1 Å². The van der Waals surface area contributed by atoms with Gasteiger partial charge in [0.1, 0.15) is 5.75 Å². The van der Waals surface area contributed by atoms with Crippen LogP contribution >= 0.6 is 0 Å². The molecule has 5 aromatic rings. The van der Waals surface area contributed by atoms with Crippen LogP contribution in [0.5, 0.6) is 5.75 Å². The van der Waals surface area contributed by atoms with E-state index in [4.69, 9.17) is 20.2 Å². The van der Waals surface area contributed by atoms with Crippen molar-refractivity contribution in [3.63, 3.8) is 0 Å². The van der Waals surface area contributed by atoms with Crippen molar-refractivity contribution in [2.24, 2.45) is 7.05 Å². The molecular formula is C25H25N7O2. The minimum atomic E-state index is 0.373. The fourth-order valence-electron chi connectivity index (χ4n) is 4.49. The first kappa shape index (κ1) is 20.5. The van der Waals surface area contributed by atoms with E-state index in [2.05, 4.69) is 33.1 Å². The van der Waals surface area contributed by atoms with Crippen LogP contribution in [0, 0.1) is 0 Å². The number of benzene rings is 2. The first-order chi connectivity index (χ1) is 16.6. The van der Waals surface area contributed by atoms with Gasteiger partial charge in [-0.3, -0.25) is 0 Å². The average Bonchev–Trinajstić information content (AvgIpc) is 3.48. The molecule has 0 saturated carbocycles. The molecule has 172 valence electrons. The molecule has 34 heavy (non-hydrogen) atoms. The van der Waals surface area contributed by atoms with E-state index in [1.165, 1.54) is 0 Å². The molecule has 4 heterocycles. The maximum Gasteiger partial charge on any atom is 0.180 e. The second-order valence-electron chi connectivity index (χ2n) is 8.41. The molecule has 1 aliphatic rings. The maximum atomic E-state index is 6.34. The molecule has 2 N–H and O–H groups in total. The van der Waals surface area contributed by atoms with Gasteiger partial charge in [-0.2, -0.15) is 0 Å². The second kappa shape index (κ2) is 8.03. The molecule has 0 unspecified atom stereocenters. The van der Waals surface area contributed by atoms with Crippen LogP contribution in [0.4, 0.5) is 11.5 Å². The lowest BCUT2D eigenvalue weighted by atomic mass is 10.1. The Bertz CT molecular complexity index is 1520. The highest BCUT2D eigenvalue weighted by atomic mass is 16.5. The Morgan fingerprint density at radius 1 is 1.00 bits per heavy atom. The summed E-state index contributed by atoms with van der Waals surface area (Å²) in [5.41, 5.74) is 13.5. The molecule has 1 aliphatic heterocycles. The summed E-state index contributed by atoms with van der Waals surface area (Å²) >= 11 is 0. The number of imidazole rings is 2. The van der Waals surface area contributed by atoms with E-state index >= 15 is 0 Å². The smallest absolute Gasteiger partial charge is 0.180 e. The fourth-order valence-corrected chi connectivity index (χ4v) is 4.49. The lowest BCUT2D eigenvalue weighted by molar-refractivity contribution is 0.122. The molecule has 9 heteroatoms. The van der Waals surface area contributed by atoms with Gasteiger partial charge in [0.2, 0.25) is 0 Å². The largest absolute Gasteiger partial charge is 0.496 e. The third-order valence-corrected chi connectivity index (χ3v) is 6.32. The number of morpholine rings is 1. The molecule has 0 amide bonds. The van der Waals surface area contributed by atoms with Crippen molar-refractivity contribution in [1.29, 1.82) is 0 Å². The Kier molecular flexibility index (Phi) is 4.84. The Hall–Kier alpha value is -4.11. The summed E-state index contributed by atoms with van der Waals surface area (Å²) in [4.78, 5) is 16.1. The monoisotopic (exact) mass is 455 g/mol. The number of nitrogens with zero attached hydrogens (tertiary/aromatic N) is 6. The number of aromatic nitrogens is 5. The minimum absolute atomic E-state index is 0.373. The second-order valence-corrected chi connectivity index (χ2v) is 8.41. The fraction of sp³-hybridized carbons (Fsp3) is 0.240. The molecule has 0 bridgehead atoms. The number of anilines is 2. The summed E-state index contributed by atoms with van der Waals surface area (Å²) in [5.74, 6) is 1.14. The molecule has 6 rings (SSSR count). The van der Waals surface area contributed by atoms with E-state index in [1.807, 2.05) is 46.6 Å². The van der Waals surface area contributed by atoms with Gasteiger partial charge >= 0.3 is 0 Å². The van der Waals surface area contributed by atoms with Gasteiger partial charge < -0.3 is 29.1 Å². The van der Waals surface area contributed by atoms with Crippen LogP contribution in [0.25, 0.3) is 39.2 Å². The molecule has 0 atom stereocenters. The number of hydrogen-bond donors (Lipinski definition) is 1. The molecule has 9 nitrogen and oxygen atoms in total. The van der Waals surface area contributed by atoms with E-state index in [1.54, 1.807) is 13.4 Å². The van der Waals surface area contributed by atoms with Crippen molar-refractivity contribution in [1.82, 2.24) is 23.9 Å². The van der Waals surface area contributed by atoms with Crippen LogP contribution < -0.4 is 15.4 Å². The lowest BCUT2D eigenvalue weighted by Gasteiger charge is -2.29. The Morgan fingerprint density at radius 2 is 1.82 bits per heavy atom. The van der Waals surface area contributed by atoms with E-state index in [9.17, 15) is 0 Å². The standard InChI is InChI=1S/C25H25N7O2/c1-30-15-27-19-6-3-16(11-22(19)30)20-13-32-14-21(29-25(32)24(26)28-20)18-5-4-17(12-23(18)33-2)31-7-9-34-10-8-31/h3-6,11-15H,7-10H2,1-2H3,(H2,26,28). The Balaban J connectivity index is 1.40. The highest BCUT2D eigenvalue weighted by Gasteiger charge is 2.17. The predicted molar refractivity (Wildman–Crippen MR) is 132 cm³/mol. The van der Waals surface area contributed by atoms with Gasteiger partial charge in [-0.25, -0.2) is 15.0 Å². The average molecular weight is 456 g/mol. The number of ether oxygens (including phenoxy) is 2. The van der Waals surface area contributed by atoms with Crippen LogP contribution in [-0.4, -0.2) is 57.3 Å². The summed E-state index contributed by atoms with van der Waals surface area (Å²) in [6.45, 7) is 3.20. The molecule has 1 saturated heterocycles. The van der Waals surface area contributed by atoms with Gasteiger partial charge in [0.25, 0.3) is 0 Å². The molecule has 0 aliphatic carbocycles. The summed E-state index contributed by atoms with van der Waals surface area (Å²) in [6, 6.07) is 12.3. The van der Waals surface area contributed by atoms with E-state index in [0.717, 1.165) is 71.3 Å². The van der Waals surface area contributed by atoms with Crippen molar-refractivity contribution in [3.8, 4) is 28.3 Å². The molecule has 1 fully saturated rings. The SMILES string of the molecule is COc1cc(N2CCOCC2)ccc1-c1cn2cc(-c3ccc4ncn(C)c4c3)nc(N)c2n1. The molecule has 0 radical (unpaired) electrons. The van der Waals surface area contributed by atoms with Crippen LogP contribution in [0.15, 0.2) is 55.1 Å². The van der Waals surface area contributed by atoms with Gasteiger partial charge in [-0.05, 0) is 24.3 Å². The number of aryl methyl sites for hydroxylation is 1. The van der Waals surface area contributed by atoms with E-state index in [-0.39, 0.29) is 0 Å². The third kappa shape index (κ3) is 3.41. The lowest BCUT2D eigenvalue weighted by Crippen LogP contribution is -2.36. The van der Waals surface area contributed by atoms with Crippen LogP contribution in [-0.2, 0) is 11.8 Å². The summed E-state index contributed by atoms with van der Waals surface area (Å²) < 4.78 is 15.1. The van der Waals surface area contributed by atoms with Crippen LogP contribution in [0.2, 0.25) is 0 Å². The minimum Gasteiger partial charge on any atom is -0.496 e. The number of rotatable bonds is 4. The highest BCUT2D eigenvalue weighted by Crippen LogP contribution is 2.34. The summed E-state index contributed by atoms with van der Waals surface area (Å²) in [7, 11) is 3.66. The summed E-state index contributed by atoms with van der Waals surface area (Å²) in [5, 5.41) is 0. The van der Waals surface area contributed by atoms with Crippen molar-refractivity contribution >= 4 is 28.2 Å². The zero-order valence-corrected chi connectivity index (χ0v) is 19.1. The van der Waals surface area contributed by atoms with Crippen molar-refractivity contribution < 1.29 is 9.47 Å². The zero-order chi connectivity index (χ0) is 23.2. The Morgan fingerprint density at radius 3 is 2.65 bits per heavy atom. The molecule has 3 aromatic heterocycles. The summed E-state index contributed by atoms with van der Waals surface area (Å²) in [6.07, 6.45) is 5.72. The van der Waals surface area contributed by atoms with E-state index < -0.39 is 0 Å². The van der Waals surface area contributed by atoms with Gasteiger partial charge in [0.15, 0.2) is 11.5 Å². The molecule has 0 spiro atoms. The maximum absolute atomic E-state index is 6.34. The van der Waals surface area contributed by atoms with Gasteiger partial charge in [-0.1, -0.05) is 6.07 Å². The molecular weight excluding hydrogens is 430 g/mol. The highest BCUT2D eigenvalue weighted by molar-refractivity contribution is 5.82. The van der Waals surface area contributed by atoms with Crippen LogP contribution in [0.1, 0.15) is 0 Å². The van der Waals surface area contributed by atoms with Gasteiger partial charge in [0.05, 0.1) is 49.1 Å². The third-order valence-electron chi connectivity index (χ3n) is 6.32. The molecule has 2 aromatic carbocycles. The van der Waals surface area contributed by atoms with Crippen LogP contribution in [0.3, 0.4) is 0 Å². The van der Waals surface area contributed by atoms with E-state index in [0.29, 0.717) is 11.5 Å². The van der Waals surface area contributed by atoms with Crippen molar-refractivity contribution in [2.45, 2.75) is 0 Å². The zero-order valence-electron chi connectivity index (χ0n) is 19.1. The Labute approximate surface area is 196 Å². The number of nitrogen functional groups attached to an aromatic ring is 1. The van der Waals surface area contributed by atoms with Gasteiger partial charge in [0, 0.05) is 55.4 Å². The van der Waals surface area contributed by atoms with Gasteiger partial charge in [-0.15, -0.1) is 0 Å². The number of methoxy groups -OCH3 is 1. The first-order valence-corrected chi connectivity index (χ1v) is 11.2. The number of hydrogen-bond acceptors (Lipinski definition) is 7. The first-order valence-electron chi connectivity index (χ1n) is 11.2. The predicted octanol–water partition coefficient (Wildman–Crippen LogP) is 3.38.